The molecule has 0 saturated heterocycles. The molecule has 3 aromatic heterocycles. The van der Waals surface area contributed by atoms with Gasteiger partial charge < -0.3 is 10.1 Å². The number of anilines is 1. The Bertz CT molecular complexity index is 808. The predicted molar refractivity (Wildman–Crippen MR) is 75.0 cm³/mol. The molecule has 0 radical (unpaired) electrons. The number of ether oxygens (including phenoxy) is 1. The Labute approximate surface area is 119 Å². The largest absolute Gasteiger partial charge is 0.467 e. The molecular formula is C13H12N6O2. The lowest BCUT2D eigenvalue weighted by atomic mass is 10.2. The van der Waals surface area contributed by atoms with Crippen molar-refractivity contribution < 1.29 is 9.53 Å². The van der Waals surface area contributed by atoms with Crippen LogP contribution in [0, 0.1) is 0 Å². The van der Waals surface area contributed by atoms with E-state index in [0.717, 1.165) is 5.39 Å². The lowest BCUT2D eigenvalue weighted by molar-refractivity contribution is 0.101. The van der Waals surface area contributed by atoms with Crippen LogP contribution in [0.4, 0.5) is 5.82 Å². The number of carbonyl (C=O) groups is 1. The molecule has 1 amide bonds. The number of methoxy groups -OCH3 is 1. The van der Waals surface area contributed by atoms with Gasteiger partial charge in [-0.15, -0.1) is 5.10 Å². The van der Waals surface area contributed by atoms with Crippen LogP contribution in [-0.2, 0) is 7.05 Å². The first kappa shape index (κ1) is 13.0. The normalized spacial score (nSPS) is 10.6. The zero-order valence-corrected chi connectivity index (χ0v) is 11.4. The Morgan fingerprint density at radius 3 is 2.90 bits per heavy atom. The standard InChI is InChI=1S/C13H12N6O2/c1-19-13(21-2)17-11(18-19)12(20)16-10-9-8(5-7-15-10)4-3-6-14-9/h3-7H,1-2H3,(H,15,16,20). The highest BCUT2D eigenvalue weighted by molar-refractivity contribution is 6.05. The number of pyridine rings is 2. The van der Waals surface area contributed by atoms with Crippen LogP contribution in [-0.4, -0.2) is 37.7 Å². The van der Waals surface area contributed by atoms with E-state index in [4.69, 9.17) is 4.74 Å². The second-order valence-electron chi connectivity index (χ2n) is 4.23. The van der Waals surface area contributed by atoms with E-state index in [1.54, 1.807) is 19.4 Å². The van der Waals surface area contributed by atoms with Gasteiger partial charge in [0.05, 0.1) is 7.11 Å². The van der Waals surface area contributed by atoms with E-state index in [0.29, 0.717) is 11.3 Å². The molecule has 0 fully saturated rings. The molecule has 0 aliphatic carbocycles. The third kappa shape index (κ3) is 2.38. The van der Waals surface area contributed by atoms with E-state index in [1.165, 1.54) is 11.8 Å². The summed E-state index contributed by atoms with van der Waals surface area (Å²) in [4.78, 5) is 24.5. The van der Waals surface area contributed by atoms with Gasteiger partial charge in [0.25, 0.3) is 5.91 Å². The van der Waals surface area contributed by atoms with E-state index in [1.807, 2.05) is 18.2 Å². The minimum atomic E-state index is -0.473. The SMILES string of the molecule is COc1nc(C(=O)Nc2nccc3cccnc23)nn1C. The van der Waals surface area contributed by atoms with Gasteiger partial charge in [-0.25, -0.2) is 9.67 Å². The number of hydrogen-bond acceptors (Lipinski definition) is 6. The van der Waals surface area contributed by atoms with Crippen molar-refractivity contribution in [3.63, 3.8) is 0 Å². The van der Waals surface area contributed by atoms with Crippen LogP contribution in [0.5, 0.6) is 6.01 Å². The minimum Gasteiger partial charge on any atom is -0.467 e. The highest BCUT2D eigenvalue weighted by atomic mass is 16.5. The van der Waals surface area contributed by atoms with Gasteiger partial charge in [-0.3, -0.25) is 9.78 Å². The van der Waals surface area contributed by atoms with Gasteiger partial charge in [0.1, 0.15) is 5.52 Å². The molecule has 0 saturated carbocycles. The first-order valence-corrected chi connectivity index (χ1v) is 6.15. The molecule has 106 valence electrons. The molecule has 21 heavy (non-hydrogen) atoms. The smallest absolute Gasteiger partial charge is 0.314 e. The monoisotopic (exact) mass is 284 g/mol. The van der Waals surface area contributed by atoms with Crippen LogP contribution >= 0.6 is 0 Å². The maximum absolute atomic E-state index is 12.2. The minimum absolute atomic E-state index is 0.00378. The maximum atomic E-state index is 12.2. The molecule has 1 N–H and O–H groups in total. The van der Waals surface area contributed by atoms with Gasteiger partial charge in [0, 0.05) is 24.8 Å². The van der Waals surface area contributed by atoms with E-state index in [-0.39, 0.29) is 11.8 Å². The Kier molecular flexibility index (Phi) is 3.19. The van der Waals surface area contributed by atoms with Crippen LogP contribution in [0.25, 0.3) is 10.9 Å². The van der Waals surface area contributed by atoms with Crippen molar-refractivity contribution in [3.8, 4) is 6.01 Å². The van der Waals surface area contributed by atoms with Crippen LogP contribution in [0.1, 0.15) is 10.6 Å². The summed E-state index contributed by atoms with van der Waals surface area (Å²) >= 11 is 0. The summed E-state index contributed by atoms with van der Waals surface area (Å²) in [5, 5.41) is 7.52. The van der Waals surface area contributed by atoms with Crippen LogP contribution in [0.2, 0.25) is 0 Å². The predicted octanol–water partition coefficient (Wildman–Crippen LogP) is 1.02. The van der Waals surface area contributed by atoms with E-state index < -0.39 is 5.91 Å². The second-order valence-corrected chi connectivity index (χ2v) is 4.23. The summed E-state index contributed by atoms with van der Waals surface area (Å²) in [6.07, 6.45) is 3.24. The zero-order valence-electron chi connectivity index (χ0n) is 11.4. The molecule has 0 atom stereocenters. The molecule has 0 aliphatic rings. The number of carbonyl (C=O) groups excluding carboxylic acids is 1. The third-order valence-corrected chi connectivity index (χ3v) is 2.86. The second kappa shape index (κ2) is 5.16. The van der Waals surface area contributed by atoms with Crippen LogP contribution < -0.4 is 10.1 Å². The Hall–Kier alpha value is -3.03. The molecule has 8 nitrogen and oxygen atoms in total. The van der Waals surface area contributed by atoms with E-state index in [2.05, 4.69) is 25.4 Å². The summed E-state index contributed by atoms with van der Waals surface area (Å²) in [6.45, 7) is 0. The fourth-order valence-electron chi connectivity index (χ4n) is 1.90. The van der Waals surface area contributed by atoms with Crippen LogP contribution in [0.15, 0.2) is 30.6 Å². The third-order valence-electron chi connectivity index (χ3n) is 2.86. The lowest BCUT2D eigenvalue weighted by Gasteiger charge is -2.04. The van der Waals surface area contributed by atoms with Crippen LogP contribution in [0.3, 0.4) is 0 Å². The quantitative estimate of drug-likeness (QED) is 0.771. The number of aromatic nitrogens is 5. The van der Waals surface area contributed by atoms with Gasteiger partial charge >= 0.3 is 6.01 Å². The highest BCUT2D eigenvalue weighted by Gasteiger charge is 2.17. The number of fused-ring (bicyclic) bond motifs is 1. The average molecular weight is 284 g/mol. The van der Waals surface area contributed by atoms with Gasteiger partial charge in [-0.05, 0) is 12.1 Å². The Morgan fingerprint density at radius 1 is 1.29 bits per heavy atom. The molecule has 3 aromatic rings. The van der Waals surface area contributed by atoms with Gasteiger partial charge in [-0.1, -0.05) is 6.07 Å². The molecule has 0 bridgehead atoms. The number of aryl methyl sites for hydroxylation is 1. The molecule has 0 aromatic carbocycles. The molecule has 0 spiro atoms. The van der Waals surface area contributed by atoms with E-state index in [9.17, 15) is 4.79 Å². The van der Waals surface area contributed by atoms with Crippen molar-refractivity contribution >= 4 is 22.6 Å². The molecule has 0 aliphatic heterocycles. The first-order chi connectivity index (χ1) is 10.2. The Balaban J connectivity index is 1.92. The van der Waals surface area contributed by atoms with Crippen molar-refractivity contribution in [2.24, 2.45) is 7.05 Å². The maximum Gasteiger partial charge on any atom is 0.314 e. The summed E-state index contributed by atoms with van der Waals surface area (Å²) in [6, 6.07) is 5.78. The van der Waals surface area contributed by atoms with E-state index >= 15 is 0 Å². The van der Waals surface area contributed by atoms with Crippen molar-refractivity contribution in [3.05, 3.63) is 36.4 Å². The Morgan fingerprint density at radius 2 is 2.14 bits per heavy atom. The van der Waals surface area contributed by atoms with Crippen molar-refractivity contribution in [2.75, 3.05) is 12.4 Å². The number of amides is 1. The highest BCUT2D eigenvalue weighted by Crippen LogP contribution is 2.18. The molecule has 3 heterocycles. The number of hydrogen-bond donors (Lipinski definition) is 1. The topological polar surface area (TPSA) is 94.8 Å². The van der Waals surface area contributed by atoms with Gasteiger partial charge in [-0.2, -0.15) is 4.98 Å². The molecule has 0 unspecified atom stereocenters. The molecular weight excluding hydrogens is 272 g/mol. The number of rotatable bonds is 3. The van der Waals surface area contributed by atoms with Crippen molar-refractivity contribution in [1.82, 2.24) is 24.7 Å². The van der Waals surface area contributed by atoms with Gasteiger partial charge in [0.15, 0.2) is 5.82 Å². The fraction of sp³-hybridized carbons (Fsp3) is 0.154. The fourth-order valence-corrected chi connectivity index (χ4v) is 1.90. The summed E-state index contributed by atoms with van der Waals surface area (Å²) in [5.41, 5.74) is 0.608. The van der Waals surface area contributed by atoms with Crippen molar-refractivity contribution in [1.29, 1.82) is 0 Å². The summed E-state index contributed by atoms with van der Waals surface area (Å²) in [5.74, 6) is -0.104. The first-order valence-electron chi connectivity index (χ1n) is 6.15. The number of nitrogens with one attached hydrogen (secondary N) is 1. The average Bonchev–Trinajstić information content (AvgIpc) is 2.89. The molecule has 3 rings (SSSR count). The summed E-state index contributed by atoms with van der Waals surface area (Å²) < 4.78 is 6.36. The lowest BCUT2D eigenvalue weighted by Crippen LogP contribution is -2.15. The summed E-state index contributed by atoms with van der Waals surface area (Å²) in [7, 11) is 3.10. The van der Waals surface area contributed by atoms with Crippen molar-refractivity contribution in [2.45, 2.75) is 0 Å². The zero-order chi connectivity index (χ0) is 14.8. The number of nitrogens with zero attached hydrogens (tertiary/aromatic N) is 5. The van der Waals surface area contributed by atoms with Gasteiger partial charge in [0.2, 0.25) is 5.82 Å². The molecule has 8 heteroatoms.